The van der Waals surface area contributed by atoms with Crippen LogP contribution in [0.2, 0.25) is 0 Å². The van der Waals surface area contributed by atoms with Crippen LogP contribution in [0, 0.1) is 0 Å². The van der Waals surface area contributed by atoms with Gasteiger partial charge >= 0.3 is 0 Å². The molecule has 6 heteroatoms. The molecule has 0 spiro atoms. The molecule has 0 aliphatic heterocycles. The van der Waals surface area contributed by atoms with Crippen molar-refractivity contribution >= 4 is 11.6 Å². The number of pyridine rings is 1. The second-order valence-corrected chi connectivity index (χ2v) is 7.54. The average Bonchev–Trinajstić information content (AvgIpc) is 3.29. The fraction of sp³-hybridized carbons (Fsp3) is 0.0370. The van der Waals surface area contributed by atoms with Crippen molar-refractivity contribution in [3.63, 3.8) is 0 Å². The predicted molar refractivity (Wildman–Crippen MR) is 129 cm³/mol. The summed E-state index contributed by atoms with van der Waals surface area (Å²) in [5.74, 6) is -0.154. The van der Waals surface area contributed by atoms with Gasteiger partial charge in [-0.25, -0.2) is 4.68 Å². The number of anilines is 1. The normalized spacial score (nSPS) is 10.7. The van der Waals surface area contributed by atoms with Gasteiger partial charge in [0.15, 0.2) is 0 Å². The van der Waals surface area contributed by atoms with E-state index in [0.29, 0.717) is 5.69 Å². The van der Waals surface area contributed by atoms with Crippen LogP contribution in [0.15, 0.2) is 109 Å². The zero-order chi connectivity index (χ0) is 22.5. The van der Waals surface area contributed by atoms with Gasteiger partial charge in [-0.05, 0) is 35.4 Å². The molecule has 0 saturated heterocycles. The lowest BCUT2D eigenvalue weighted by Gasteiger charge is -2.10. The molecule has 0 bridgehead atoms. The smallest absolute Gasteiger partial charge is 0.230 e. The largest absolute Gasteiger partial charge is 0.326 e. The van der Waals surface area contributed by atoms with Crippen LogP contribution >= 0.6 is 0 Å². The number of hydrogen-bond acceptors (Lipinski definition) is 4. The van der Waals surface area contributed by atoms with Gasteiger partial charge in [0, 0.05) is 23.6 Å². The summed E-state index contributed by atoms with van der Waals surface area (Å²) in [4.78, 5) is 17.0. The van der Waals surface area contributed by atoms with Gasteiger partial charge in [0.05, 0.1) is 17.8 Å². The van der Waals surface area contributed by atoms with Crippen molar-refractivity contribution in [3.05, 3.63) is 115 Å². The summed E-state index contributed by atoms with van der Waals surface area (Å²) in [5, 5.41) is 11.7. The third-order valence-electron chi connectivity index (χ3n) is 5.28. The second kappa shape index (κ2) is 9.28. The summed E-state index contributed by atoms with van der Waals surface area (Å²) in [6.07, 6.45) is 3.51. The molecule has 5 rings (SSSR count). The molecule has 0 atom stereocenters. The first kappa shape index (κ1) is 20.3. The molecule has 0 unspecified atom stereocenters. The summed E-state index contributed by atoms with van der Waals surface area (Å²) < 4.78 is 1.75. The van der Waals surface area contributed by atoms with E-state index < -0.39 is 0 Å². The van der Waals surface area contributed by atoms with E-state index >= 15 is 0 Å². The molecular formula is C27H21N5O. The lowest BCUT2D eigenvalue weighted by Crippen LogP contribution is -2.15. The average molecular weight is 431 g/mol. The van der Waals surface area contributed by atoms with Gasteiger partial charge in [-0.15, -0.1) is 5.10 Å². The number of nitrogens with one attached hydrogen (secondary N) is 1. The molecule has 3 aromatic carbocycles. The molecule has 0 saturated carbocycles. The molecule has 1 amide bonds. The Balaban J connectivity index is 1.42. The minimum Gasteiger partial charge on any atom is -0.326 e. The van der Waals surface area contributed by atoms with Gasteiger partial charge in [-0.2, -0.15) is 0 Å². The summed E-state index contributed by atoms with van der Waals surface area (Å²) >= 11 is 0. The van der Waals surface area contributed by atoms with Gasteiger partial charge in [0.25, 0.3) is 0 Å². The van der Waals surface area contributed by atoms with Gasteiger partial charge in [-0.1, -0.05) is 78.0 Å². The Hall–Kier alpha value is -4.58. The Labute approximate surface area is 191 Å². The number of amides is 1. The quantitative estimate of drug-likeness (QED) is 0.402. The van der Waals surface area contributed by atoms with E-state index in [1.165, 1.54) is 0 Å². The van der Waals surface area contributed by atoms with Gasteiger partial charge in [0.1, 0.15) is 5.69 Å². The van der Waals surface area contributed by atoms with Crippen LogP contribution in [-0.2, 0) is 11.2 Å². The molecule has 0 aliphatic carbocycles. The molecule has 0 fully saturated rings. The first-order valence-corrected chi connectivity index (χ1v) is 10.6. The van der Waals surface area contributed by atoms with Crippen molar-refractivity contribution in [3.8, 4) is 28.1 Å². The molecular weight excluding hydrogens is 410 g/mol. The maximum absolute atomic E-state index is 13.0. The molecule has 6 nitrogen and oxygen atoms in total. The molecule has 5 aromatic rings. The number of nitrogens with zero attached hydrogens (tertiary/aromatic N) is 4. The molecule has 0 aliphatic rings. The fourth-order valence-electron chi connectivity index (χ4n) is 3.75. The van der Waals surface area contributed by atoms with E-state index in [-0.39, 0.29) is 12.3 Å². The monoisotopic (exact) mass is 431 g/mol. The van der Waals surface area contributed by atoms with Crippen LogP contribution < -0.4 is 5.32 Å². The lowest BCUT2D eigenvalue weighted by atomic mass is 10.1. The Morgan fingerprint density at radius 1 is 0.758 bits per heavy atom. The second-order valence-electron chi connectivity index (χ2n) is 7.54. The first-order chi connectivity index (χ1) is 16.3. The molecule has 1 N–H and O–H groups in total. The Morgan fingerprint density at radius 2 is 1.42 bits per heavy atom. The first-order valence-electron chi connectivity index (χ1n) is 10.6. The van der Waals surface area contributed by atoms with Crippen LogP contribution in [0.1, 0.15) is 5.69 Å². The highest BCUT2D eigenvalue weighted by Crippen LogP contribution is 2.26. The predicted octanol–water partition coefficient (Wildman–Crippen LogP) is 5.18. The zero-order valence-corrected chi connectivity index (χ0v) is 17.8. The number of rotatable bonds is 6. The lowest BCUT2D eigenvalue weighted by molar-refractivity contribution is -0.115. The number of aromatic nitrogens is 4. The summed E-state index contributed by atoms with van der Waals surface area (Å²) in [7, 11) is 0. The number of carbonyl (C=O) groups excluding carboxylic acids is 1. The number of benzene rings is 3. The SMILES string of the molecule is O=C(Cc1nnn(-c2ccncc2)c1-c1ccccc1)Nc1cccc(-c2ccccc2)c1. The maximum Gasteiger partial charge on any atom is 0.230 e. The summed E-state index contributed by atoms with van der Waals surface area (Å²) in [6, 6.07) is 31.5. The zero-order valence-electron chi connectivity index (χ0n) is 17.8. The number of carbonyl (C=O) groups is 1. The Kier molecular flexibility index (Phi) is 5.72. The van der Waals surface area contributed by atoms with Crippen LogP contribution in [0.5, 0.6) is 0 Å². The van der Waals surface area contributed by atoms with Gasteiger partial charge < -0.3 is 5.32 Å². The summed E-state index contributed by atoms with van der Waals surface area (Å²) in [6.45, 7) is 0. The van der Waals surface area contributed by atoms with E-state index in [1.807, 2.05) is 97.1 Å². The highest BCUT2D eigenvalue weighted by atomic mass is 16.1. The highest BCUT2D eigenvalue weighted by molar-refractivity contribution is 5.93. The van der Waals surface area contributed by atoms with Crippen molar-refractivity contribution in [1.29, 1.82) is 0 Å². The van der Waals surface area contributed by atoms with E-state index in [9.17, 15) is 4.79 Å². The molecule has 160 valence electrons. The minimum atomic E-state index is -0.154. The van der Waals surface area contributed by atoms with E-state index in [2.05, 4.69) is 20.6 Å². The Morgan fingerprint density at radius 3 is 2.15 bits per heavy atom. The fourth-order valence-corrected chi connectivity index (χ4v) is 3.75. The number of hydrogen-bond donors (Lipinski definition) is 1. The van der Waals surface area contributed by atoms with Gasteiger partial charge in [0.2, 0.25) is 5.91 Å². The Bertz CT molecular complexity index is 1370. The van der Waals surface area contributed by atoms with Crippen molar-refractivity contribution < 1.29 is 4.79 Å². The van der Waals surface area contributed by atoms with Crippen LogP contribution in [-0.4, -0.2) is 25.9 Å². The van der Waals surface area contributed by atoms with Crippen LogP contribution in [0.3, 0.4) is 0 Å². The van der Waals surface area contributed by atoms with E-state index in [1.54, 1.807) is 17.1 Å². The topological polar surface area (TPSA) is 72.7 Å². The van der Waals surface area contributed by atoms with Crippen molar-refractivity contribution in [1.82, 2.24) is 20.0 Å². The standard InChI is InChI=1S/C27H21N5O/c33-26(29-23-13-7-12-22(18-23)20-8-3-1-4-9-20)19-25-27(21-10-5-2-6-11-21)32(31-30-25)24-14-16-28-17-15-24/h1-18H,19H2,(H,29,33). The van der Waals surface area contributed by atoms with E-state index in [0.717, 1.165) is 33.8 Å². The van der Waals surface area contributed by atoms with Crippen LogP contribution in [0.4, 0.5) is 5.69 Å². The highest BCUT2D eigenvalue weighted by Gasteiger charge is 2.19. The minimum absolute atomic E-state index is 0.102. The van der Waals surface area contributed by atoms with Crippen molar-refractivity contribution in [2.75, 3.05) is 5.32 Å². The van der Waals surface area contributed by atoms with Crippen LogP contribution in [0.25, 0.3) is 28.1 Å². The molecule has 0 radical (unpaired) electrons. The molecule has 2 heterocycles. The van der Waals surface area contributed by atoms with E-state index in [4.69, 9.17) is 0 Å². The molecule has 2 aromatic heterocycles. The maximum atomic E-state index is 13.0. The summed E-state index contributed by atoms with van der Waals surface area (Å²) in [5.41, 5.74) is 6.04. The van der Waals surface area contributed by atoms with Gasteiger partial charge in [-0.3, -0.25) is 9.78 Å². The van der Waals surface area contributed by atoms with Crippen molar-refractivity contribution in [2.45, 2.75) is 6.42 Å². The van der Waals surface area contributed by atoms with Crippen molar-refractivity contribution in [2.24, 2.45) is 0 Å². The molecule has 33 heavy (non-hydrogen) atoms. The third kappa shape index (κ3) is 4.55. The third-order valence-corrected chi connectivity index (χ3v) is 5.28.